The molecule has 0 spiro atoms. The summed E-state index contributed by atoms with van der Waals surface area (Å²) in [6.07, 6.45) is 12.1. The summed E-state index contributed by atoms with van der Waals surface area (Å²) in [5.41, 5.74) is 10.2. The van der Waals surface area contributed by atoms with Crippen LogP contribution >= 0.6 is 0 Å². The molecule has 1 unspecified atom stereocenters. The Morgan fingerprint density at radius 3 is 2.30 bits per heavy atom. The molecule has 0 aliphatic heterocycles. The summed E-state index contributed by atoms with van der Waals surface area (Å²) in [6.45, 7) is 0. The monoisotopic (exact) mass is 430 g/mol. The molecule has 5 rings (SSSR count). The van der Waals surface area contributed by atoms with Gasteiger partial charge in [0.1, 0.15) is 0 Å². The van der Waals surface area contributed by atoms with Gasteiger partial charge in [-0.1, -0.05) is 90.5 Å². The van der Waals surface area contributed by atoms with Crippen LogP contribution < -0.4 is 5.32 Å². The highest BCUT2D eigenvalue weighted by Gasteiger charge is 2.23. The number of benzene rings is 3. The molecule has 0 heterocycles. The molecule has 3 aromatic rings. The first-order chi connectivity index (χ1) is 16.3. The molecule has 2 aliphatic rings. The molecular weight excluding hydrogens is 400 g/mol. The molecular formula is C31H30N2. The number of hydrogen-bond acceptors (Lipinski definition) is 2. The van der Waals surface area contributed by atoms with E-state index in [1.807, 2.05) is 18.2 Å². The van der Waals surface area contributed by atoms with Crippen LogP contribution in [0.1, 0.15) is 48.8 Å². The number of nitrogens with one attached hydrogen (secondary N) is 2. The largest absolute Gasteiger partial charge is 0.358 e. The maximum Gasteiger partial charge on any atom is 0.0388 e. The number of hydrogen-bond donors (Lipinski definition) is 2. The minimum Gasteiger partial charge on any atom is -0.358 e. The second kappa shape index (κ2) is 9.87. The normalized spacial score (nSPS) is 18.4. The minimum absolute atomic E-state index is 0.510. The van der Waals surface area contributed by atoms with Crippen molar-refractivity contribution in [2.75, 3.05) is 5.32 Å². The Morgan fingerprint density at radius 2 is 1.55 bits per heavy atom. The highest BCUT2D eigenvalue weighted by atomic mass is 14.9. The third-order valence-corrected chi connectivity index (χ3v) is 6.74. The van der Waals surface area contributed by atoms with Gasteiger partial charge in [0.2, 0.25) is 0 Å². The van der Waals surface area contributed by atoms with Crippen LogP contribution in [0.4, 0.5) is 5.69 Å². The van der Waals surface area contributed by atoms with Crippen LogP contribution in [-0.2, 0) is 0 Å². The molecule has 2 heteroatoms. The average molecular weight is 431 g/mol. The first-order valence-electron chi connectivity index (χ1n) is 11.9. The van der Waals surface area contributed by atoms with Crippen molar-refractivity contribution in [1.82, 2.24) is 0 Å². The van der Waals surface area contributed by atoms with E-state index in [0.29, 0.717) is 5.92 Å². The van der Waals surface area contributed by atoms with Crippen LogP contribution in [-0.4, -0.2) is 6.21 Å². The van der Waals surface area contributed by atoms with Crippen molar-refractivity contribution < 1.29 is 0 Å². The van der Waals surface area contributed by atoms with Gasteiger partial charge in [-0.05, 0) is 72.4 Å². The lowest BCUT2D eigenvalue weighted by molar-refractivity contribution is 0.591. The molecule has 2 N–H and O–H groups in total. The zero-order chi connectivity index (χ0) is 22.5. The summed E-state index contributed by atoms with van der Waals surface area (Å²) in [5, 5.41) is 11.3. The van der Waals surface area contributed by atoms with E-state index in [4.69, 9.17) is 5.41 Å². The van der Waals surface area contributed by atoms with E-state index in [1.165, 1.54) is 53.4 Å². The second-order valence-electron chi connectivity index (χ2n) is 8.93. The van der Waals surface area contributed by atoms with E-state index in [0.717, 1.165) is 24.1 Å². The van der Waals surface area contributed by atoms with Gasteiger partial charge < -0.3 is 10.7 Å². The van der Waals surface area contributed by atoms with Crippen molar-refractivity contribution in [3.05, 3.63) is 125 Å². The molecule has 0 fully saturated rings. The summed E-state index contributed by atoms with van der Waals surface area (Å²) in [5.74, 6) is 0.510. The van der Waals surface area contributed by atoms with Crippen LogP contribution in [0.2, 0.25) is 0 Å². The maximum absolute atomic E-state index is 7.57. The minimum atomic E-state index is 0.510. The number of rotatable bonds is 6. The van der Waals surface area contributed by atoms with E-state index in [9.17, 15) is 0 Å². The van der Waals surface area contributed by atoms with Crippen LogP contribution in [0.25, 0.3) is 11.1 Å². The summed E-state index contributed by atoms with van der Waals surface area (Å²) in [4.78, 5) is 0. The van der Waals surface area contributed by atoms with E-state index >= 15 is 0 Å². The predicted octanol–water partition coefficient (Wildman–Crippen LogP) is 8.11. The van der Waals surface area contributed by atoms with E-state index in [-0.39, 0.29) is 0 Å². The molecule has 0 saturated heterocycles. The smallest absolute Gasteiger partial charge is 0.0388 e. The highest BCUT2D eigenvalue weighted by Crippen LogP contribution is 2.40. The second-order valence-corrected chi connectivity index (χ2v) is 8.93. The van der Waals surface area contributed by atoms with Gasteiger partial charge in [0, 0.05) is 23.2 Å². The standard InChI is InChI=1S/C31H30N2/c32-22-23-9-7-16-29(19-23)33-31-18-17-28(21-30(31)25-12-5-2-6-13-25)27-15-8-14-26(20-27)24-10-3-1-4-11-24/h1-7,9-13,16,19-22,27,32-33H,8,14-15,17-18H2. The van der Waals surface area contributed by atoms with Crippen LogP contribution in [0, 0.1) is 11.3 Å². The van der Waals surface area contributed by atoms with E-state index in [2.05, 4.69) is 84.2 Å². The SMILES string of the molecule is N=Cc1cccc(NC2=C(c3ccccc3)C=C(C3C=C(c4ccccc4)CCC3)CC2)c1. The highest BCUT2D eigenvalue weighted by molar-refractivity contribution is 5.83. The third kappa shape index (κ3) is 4.90. The fourth-order valence-electron chi connectivity index (χ4n) is 5.03. The van der Waals surface area contributed by atoms with Crippen LogP contribution in [0.3, 0.4) is 0 Å². The van der Waals surface area contributed by atoms with Gasteiger partial charge in [-0.2, -0.15) is 0 Å². The molecule has 2 nitrogen and oxygen atoms in total. The van der Waals surface area contributed by atoms with Gasteiger partial charge in [-0.3, -0.25) is 0 Å². The van der Waals surface area contributed by atoms with E-state index in [1.54, 1.807) is 5.57 Å². The fraction of sp³-hybridized carbons (Fsp3) is 0.194. The zero-order valence-corrected chi connectivity index (χ0v) is 18.9. The summed E-state index contributed by atoms with van der Waals surface area (Å²) in [7, 11) is 0. The summed E-state index contributed by atoms with van der Waals surface area (Å²) < 4.78 is 0. The van der Waals surface area contributed by atoms with Gasteiger partial charge in [0.25, 0.3) is 0 Å². The molecule has 0 saturated carbocycles. The topological polar surface area (TPSA) is 35.9 Å². The molecule has 3 aromatic carbocycles. The van der Waals surface area contributed by atoms with Gasteiger partial charge in [0.05, 0.1) is 0 Å². The third-order valence-electron chi connectivity index (χ3n) is 6.74. The first-order valence-corrected chi connectivity index (χ1v) is 11.9. The Morgan fingerprint density at radius 1 is 0.788 bits per heavy atom. The van der Waals surface area contributed by atoms with Crippen LogP contribution in [0.5, 0.6) is 0 Å². The maximum atomic E-state index is 7.57. The summed E-state index contributed by atoms with van der Waals surface area (Å²) in [6, 6.07) is 29.7. The number of anilines is 1. The van der Waals surface area contributed by atoms with Gasteiger partial charge >= 0.3 is 0 Å². The molecule has 2 aliphatic carbocycles. The van der Waals surface area contributed by atoms with Crippen molar-refractivity contribution in [2.24, 2.45) is 5.92 Å². The van der Waals surface area contributed by atoms with Crippen molar-refractivity contribution in [3.8, 4) is 0 Å². The van der Waals surface area contributed by atoms with Crippen molar-refractivity contribution in [2.45, 2.75) is 32.1 Å². The molecule has 0 bridgehead atoms. The molecule has 0 radical (unpaired) electrons. The molecule has 0 aromatic heterocycles. The van der Waals surface area contributed by atoms with Gasteiger partial charge in [-0.25, -0.2) is 0 Å². The van der Waals surface area contributed by atoms with Gasteiger partial charge in [-0.15, -0.1) is 0 Å². The molecule has 0 amide bonds. The Kier molecular flexibility index (Phi) is 6.34. The van der Waals surface area contributed by atoms with Crippen molar-refractivity contribution in [1.29, 1.82) is 5.41 Å². The Hall–Kier alpha value is -3.65. The van der Waals surface area contributed by atoms with Crippen molar-refractivity contribution in [3.63, 3.8) is 0 Å². The molecule has 1 atom stereocenters. The molecule has 33 heavy (non-hydrogen) atoms. The van der Waals surface area contributed by atoms with Gasteiger partial charge in [0.15, 0.2) is 0 Å². The van der Waals surface area contributed by atoms with Crippen molar-refractivity contribution >= 4 is 23.0 Å². The lowest BCUT2D eigenvalue weighted by Gasteiger charge is -2.28. The fourth-order valence-corrected chi connectivity index (χ4v) is 5.03. The Labute approximate surface area is 196 Å². The van der Waals surface area contributed by atoms with E-state index < -0.39 is 0 Å². The Balaban J connectivity index is 1.50. The zero-order valence-electron chi connectivity index (χ0n) is 18.9. The quantitative estimate of drug-likeness (QED) is 0.381. The first kappa shape index (κ1) is 21.2. The average Bonchev–Trinajstić information content (AvgIpc) is 2.90. The number of allylic oxidation sites excluding steroid dienone is 6. The summed E-state index contributed by atoms with van der Waals surface area (Å²) >= 11 is 0. The predicted molar refractivity (Wildman–Crippen MR) is 140 cm³/mol. The Bertz CT molecular complexity index is 1220. The lowest BCUT2D eigenvalue weighted by Crippen LogP contribution is -2.13. The molecule has 164 valence electrons. The lowest BCUT2D eigenvalue weighted by atomic mass is 9.78. The van der Waals surface area contributed by atoms with Crippen LogP contribution in [0.15, 0.2) is 108 Å².